The van der Waals surface area contributed by atoms with Gasteiger partial charge in [0.1, 0.15) is 5.76 Å². The summed E-state index contributed by atoms with van der Waals surface area (Å²) in [6, 6.07) is 3.94. The van der Waals surface area contributed by atoms with E-state index >= 15 is 0 Å². The number of hydrogen-bond acceptors (Lipinski definition) is 7. The fraction of sp³-hybridized carbons (Fsp3) is 0.368. The Kier molecular flexibility index (Phi) is 4.38. The van der Waals surface area contributed by atoms with Crippen LogP contribution in [-0.4, -0.2) is 58.2 Å². The van der Waals surface area contributed by atoms with Crippen molar-refractivity contribution in [1.29, 1.82) is 0 Å². The lowest BCUT2D eigenvalue weighted by Crippen LogP contribution is -2.45. The van der Waals surface area contributed by atoms with Crippen LogP contribution in [0, 0.1) is 13.8 Å². The molecule has 0 radical (unpaired) electrons. The van der Waals surface area contributed by atoms with Gasteiger partial charge in [-0.25, -0.2) is 9.97 Å². The quantitative estimate of drug-likeness (QED) is 0.719. The van der Waals surface area contributed by atoms with Crippen molar-refractivity contribution >= 4 is 5.95 Å². The summed E-state index contributed by atoms with van der Waals surface area (Å²) in [6.45, 7) is 7.73. The molecule has 0 atom stereocenters. The van der Waals surface area contributed by atoms with Crippen LogP contribution in [0.25, 0.3) is 22.4 Å². The van der Waals surface area contributed by atoms with Gasteiger partial charge in [-0.1, -0.05) is 5.16 Å². The lowest BCUT2D eigenvalue weighted by atomic mass is 10.0. The summed E-state index contributed by atoms with van der Waals surface area (Å²) < 4.78 is 5.40. The van der Waals surface area contributed by atoms with Crippen LogP contribution in [0.15, 0.2) is 35.2 Å². The highest BCUT2D eigenvalue weighted by atomic mass is 16.5. The van der Waals surface area contributed by atoms with Crippen LogP contribution in [-0.2, 0) is 0 Å². The van der Waals surface area contributed by atoms with Crippen LogP contribution in [0.4, 0.5) is 5.95 Å². The molecule has 3 aromatic heterocycles. The molecule has 4 heterocycles. The summed E-state index contributed by atoms with van der Waals surface area (Å²) in [7, 11) is 2.14. The van der Waals surface area contributed by atoms with E-state index in [0.717, 1.165) is 66.0 Å². The maximum atomic E-state index is 5.40. The Bertz CT molecular complexity index is 880. The Morgan fingerprint density at radius 2 is 1.77 bits per heavy atom. The minimum atomic E-state index is 0.755. The number of anilines is 1. The van der Waals surface area contributed by atoms with Crippen molar-refractivity contribution in [3.8, 4) is 22.4 Å². The average molecular weight is 350 g/mol. The second kappa shape index (κ2) is 6.84. The Morgan fingerprint density at radius 3 is 2.42 bits per heavy atom. The van der Waals surface area contributed by atoms with Crippen molar-refractivity contribution in [2.75, 3.05) is 38.1 Å². The second-order valence-electron chi connectivity index (χ2n) is 6.66. The van der Waals surface area contributed by atoms with Gasteiger partial charge in [0.2, 0.25) is 5.95 Å². The second-order valence-corrected chi connectivity index (χ2v) is 6.66. The molecule has 0 bridgehead atoms. The standard InChI is InChI=1S/C19H22N6O/c1-13-17(14(2)26-23-13)18-16(15-4-6-20-7-5-15)12-21-19(22-18)25-10-8-24(3)9-11-25/h4-7,12H,8-11H2,1-3H3. The number of aromatic nitrogens is 4. The van der Waals surface area contributed by atoms with E-state index in [1.165, 1.54) is 0 Å². The molecule has 0 aromatic carbocycles. The molecule has 7 heteroatoms. The fourth-order valence-corrected chi connectivity index (χ4v) is 3.29. The van der Waals surface area contributed by atoms with E-state index in [-0.39, 0.29) is 0 Å². The SMILES string of the molecule is Cc1noc(C)c1-c1nc(N2CCN(C)CC2)ncc1-c1ccncc1. The number of nitrogens with zero attached hydrogens (tertiary/aromatic N) is 6. The summed E-state index contributed by atoms with van der Waals surface area (Å²) in [5.74, 6) is 1.52. The number of hydrogen-bond donors (Lipinski definition) is 0. The number of rotatable bonds is 3. The molecular weight excluding hydrogens is 328 g/mol. The van der Waals surface area contributed by atoms with Crippen molar-refractivity contribution < 1.29 is 4.52 Å². The molecule has 0 aliphatic carbocycles. The van der Waals surface area contributed by atoms with Crippen molar-refractivity contribution in [3.63, 3.8) is 0 Å². The molecular formula is C19H22N6O. The summed E-state index contributed by atoms with van der Waals surface area (Å²) in [6.07, 6.45) is 5.46. The van der Waals surface area contributed by atoms with Gasteiger partial charge in [0.25, 0.3) is 0 Å². The lowest BCUT2D eigenvalue weighted by Gasteiger charge is -2.32. The summed E-state index contributed by atoms with van der Waals surface area (Å²) in [4.78, 5) is 18.3. The molecule has 1 aliphatic heterocycles. The summed E-state index contributed by atoms with van der Waals surface area (Å²) in [5.41, 5.74) is 4.62. The molecule has 4 rings (SSSR count). The van der Waals surface area contributed by atoms with Gasteiger partial charge in [-0.15, -0.1) is 0 Å². The summed E-state index contributed by atoms with van der Waals surface area (Å²) in [5, 5.41) is 4.11. The van der Waals surface area contributed by atoms with Gasteiger partial charge in [0, 0.05) is 50.3 Å². The van der Waals surface area contributed by atoms with Crippen LogP contribution < -0.4 is 4.90 Å². The molecule has 1 saturated heterocycles. The molecule has 0 spiro atoms. The Hall–Kier alpha value is -2.80. The number of aryl methyl sites for hydroxylation is 2. The molecule has 0 N–H and O–H groups in total. The Labute approximate surface area is 152 Å². The first-order chi connectivity index (χ1) is 12.6. The van der Waals surface area contributed by atoms with Crippen LogP contribution >= 0.6 is 0 Å². The van der Waals surface area contributed by atoms with Crippen molar-refractivity contribution in [2.24, 2.45) is 0 Å². The van der Waals surface area contributed by atoms with E-state index in [1.54, 1.807) is 12.4 Å². The smallest absolute Gasteiger partial charge is 0.225 e. The predicted molar refractivity (Wildman–Crippen MR) is 99.9 cm³/mol. The minimum absolute atomic E-state index is 0.755. The van der Waals surface area contributed by atoms with E-state index < -0.39 is 0 Å². The predicted octanol–water partition coefficient (Wildman–Crippen LogP) is 2.56. The van der Waals surface area contributed by atoms with Crippen LogP contribution in [0.2, 0.25) is 0 Å². The zero-order valence-electron chi connectivity index (χ0n) is 15.3. The zero-order chi connectivity index (χ0) is 18.1. The third kappa shape index (κ3) is 3.06. The normalized spacial score (nSPS) is 15.4. The van der Waals surface area contributed by atoms with Crippen LogP contribution in [0.1, 0.15) is 11.5 Å². The van der Waals surface area contributed by atoms with E-state index in [9.17, 15) is 0 Å². The monoisotopic (exact) mass is 350 g/mol. The molecule has 134 valence electrons. The fourth-order valence-electron chi connectivity index (χ4n) is 3.29. The third-order valence-electron chi connectivity index (χ3n) is 4.82. The molecule has 3 aromatic rings. The van der Waals surface area contributed by atoms with Gasteiger partial charge >= 0.3 is 0 Å². The van der Waals surface area contributed by atoms with Gasteiger partial charge < -0.3 is 14.3 Å². The number of likely N-dealkylation sites (N-methyl/N-ethyl adjacent to an activating group) is 1. The van der Waals surface area contributed by atoms with Crippen molar-refractivity contribution in [1.82, 2.24) is 25.0 Å². The summed E-state index contributed by atoms with van der Waals surface area (Å²) >= 11 is 0. The lowest BCUT2D eigenvalue weighted by molar-refractivity contribution is 0.311. The van der Waals surface area contributed by atoms with Gasteiger partial charge in [-0.3, -0.25) is 4.98 Å². The topological polar surface area (TPSA) is 71.2 Å². The molecule has 1 fully saturated rings. The third-order valence-corrected chi connectivity index (χ3v) is 4.82. The molecule has 1 aliphatic rings. The van der Waals surface area contributed by atoms with Crippen LogP contribution in [0.5, 0.6) is 0 Å². The van der Waals surface area contributed by atoms with E-state index in [1.807, 2.05) is 32.2 Å². The number of piperazine rings is 1. The molecule has 0 saturated carbocycles. The highest BCUT2D eigenvalue weighted by Crippen LogP contribution is 2.34. The molecule has 0 unspecified atom stereocenters. The zero-order valence-corrected chi connectivity index (χ0v) is 15.3. The van der Waals surface area contributed by atoms with Gasteiger partial charge in [0.15, 0.2) is 0 Å². The first-order valence-corrected chi connectivity index (χ1v) is 8.77. The maximum absolute atomic E-state index is 5.40. The van der Waals surface area contributed by atoms with Gasteiger partial charge in [-0.05, 0) is 38.6 Å². The van der Waals surface area contributed by atoms with Crippen LogP contribution in [0.3, 0.4) is 0 Å². The molecule has 26 heavy (non-hydrogen) atoms. The highest BCUT2D eigenvalue weighted by molar-refractivity contribution is 5.82. The first-order valence-electron chi connectivity index (χ1n) is 8.77. The Morgan fingerprint density at radius 1 is 1.04 bits per heavy atom. The van der Waals surface area contributed by atoms with E-state index in [4.69, 9.17) is 9.51 Å². The van der Waals surface area contributed by atoms with Gasteiger partial charge in [0.05, 0.1) is 17.0 Å². The van der Waals surface area contributed by atoms with Crippen molar-refractivity contribution in [3.05, 3.63) is 42.2 Å². The molecule has 7 nitrogen and oxygen atoms in total. The first kappa shape index (κ1) is 16.7. The highest BCUT2D eigenvalue weighted by Gasteiger charge is 2.22. The van der Waals surface area contributed by atoms with E-state index in [2.05, 4.69) is 32.0 Å². The van der Waals surface area contributed by atoms with E-state index in [0.29, 0.717) is 0 Å². The van der Waals surface area contributed by atoms with Crippen molar-refractivity contribution in [2.45, 2.75) is 13.8 Å². The van der Waals surface area contributed by atoms with Gasteiger partial charge in [-0.2, -0.15) is 0 Å². The average Bonchev–Trinajstić information content (AvgIpc) is 3.01. The minimum Gasteiger partial charge on any atom is -0.361 e. The largest absolute Gasteiger partial charge is 0.361 e. The molecule has 0 amide bonds. The Balaban J connectivity index is 1.83. The maximum Gasteiger partial charge on any atom is 0.225 e. The number of pyridine rings is 1.